The minimum atomic E-state index is -0.776. The average Bonchev–Trinajstić information content (AvgIpc) is 2.68. The van der Waals surface area contributed by atoms with E-state index in [0.717, 1.165) is 5.56 Å². The monoisotopic (exact) mass is 355 g/mol. The SMILES string of the molecule is CC[C@@H](CC(O)CC(=O)c1ccc(OC)cc1)O/N=C/c1ccccc1. The summed E-state index contributed by atoms with van der Waals surface area (Å²) < 4.78 is 5.08. The topological polar surface area (TPSA) is 68.1 Å². The van der Waals surface area contributed by atoms with Crippen molar-refractivity contribution in [3.8, 4) is 5.75 Å². The van der Waals surface area contributed by atoms with Crippen LogP contribution >= 0.6 is 0 Å². The van der Waals surface area contributed by atoms with Gasteiger partial charge in [-0.1, -0.05) is 42.4 Å². The Labute approximate surface area is 154 Å². The number of ketones is 1. The number of oxime groups is 1. The van der Waals surface area contributed by atoms with Crippen LogP contribution in [0.15, 0.2) is 59.8 Å². The number of nitrogens with zero attached hydrogens (tertiary/aromatic N) is 1. The molecule has 0 saturated heterocycles. The fourth-order valence-electron chi connectivity index (χ4n) is 2.50. The Morgan fingerprint density at radius 3 is 2.46 bits per heavy atom. The fourth-order valence-corrected chi connectivity index (χ4v) is 2.50. The highest BCUT2D eigenvalue weighted by Gasteiger charge is 2.18. The van der Waals surface area contributed by atoms with Crippen LogP contribution in [0.25, 0.3) is 0 Å². The normalized spacial score (nSPS) is 13.3. The molecule has 2 atom stereocenters. The third-order valence-corrected chi connectivity index (χ3v) is 4.03. The smallest absolute Gasteiger partial charge is 0.165 e. The van der Waals surface area contributed by atoms with E-state index in [1.807, 2.05) is 37.3 Å². The largest absolute Gasteiger partial charge is 0.497 e. The molecule has 0 radical (unpaired) electrons. The maximum absolute atomic E-state index is 12.3. The number of ether oxygens (including phenoxy) is 1. The van der Waals surface area contributed by atoms with Crippen molar-refractivity contribution in [2.75, 3.05) is 7.11 Å². The van der Waals surface area contributed by atoms with Crippen LogP contribution in [-0.2, 0) is 4.84 Å². The minimum absolute atomic E-state index is 0.0502. The molecule has 0 spiro atoms. The van der Waals surface area contributed by atoms with Gasteiger partial charge in [0.15, 0.2) is 5.78 Å². The molecule has 0 saturated carbocycles. The first kappa shape index (κ1) is 19.7. The maximum atomic E-state index is 12.3. The molecule has 0 fully saturated rings. The number of carbonyl (C=O) groups excluding carboxylic acids is 1. The molecule has 0 aliphatic heterocycles. The summed E-state index contributed by atoms with van der Waals surface area (Å²) in [4.78, 5) is 17.7. The summed E-state index contributed by atoms with van der Waals surface area (Å²) in [6.45, 7) is 1.96. The molecule has 0 aliphatic carbocycles. The second-order valence-electron chi connectivity index (χ2n) is 6.03. The lowest BCUT2D eigenvalue weighted by molar-refractivity contribution is 0.0144. The highest BCUT2D eigenvalue weighted by atomic mass is 16.6. The second-order valence-corrected chi connectivity index (χ2v) is 6.03. The standard InChI is InChI=1S/C21H25NO4/c1-3-19(26-22-15-16-7-5-4-6-8-16)13-18(23)14-21(24)17-9-11-20(25-2)12-10-17/h4-12,15,18-19,23H,3,13-14H2,1-2H3/b22-15+/t18?,19-/m0/s1. The van der Waals surface area contributed by atoms with Crippen molar-refractivity contribution in [1.29, 1.82) is 0 Å². The van der Waals surface area contributed by atoms with Crippen LogP contribution in [-0.4, -0.2) is 36.4 Å². The molecule has 5 nitrogen and oxygen atoms in total. The fraction of sp³-hybridized carbons (Fsp3) is 0.333. The summed E-state index contributed by atoms with van der Waals surface area (Å²) in [5.41, 5.74) is 1.50. The van der Waals surface area contributed by atoms with E-state index in [-0.39, 0.29) is 18.3 Å². The molecule has 5 heteroatoms. The van der Waals surface area contributed by atoms with Gasteiger partial charge in [-0.25, -0.2) is 0 Å². The number of carbonyl (C=O) groups is 1. The second kappa shape index (κ2) is 10.4. The summed E-state index contributed by atoms with van der Waals surface area (Å²) in [6.07, 6.45) is 1.71. The predicted octanol–water partition coefficient (Wildman–Crippen LogP) is 3.85. The zero-order chi connectivity index (χ0) is 18.8. The highest BCUT2D eigenvalue weighted by Crippen LogP contribution is 2.16. The van der Waals surface area contributed by atoms with E-state index in [2.05, 4.69) is 5.16 Å². The van der Waals surface area contributed by atoms with Crippen molar-refractivity contribution < 1.29 is 19.5 Å². The molecule has 0 amide bonds. The Kier molecular flexibility index (Phi) is 7.83. The summed E-state index contributed by atoms with van der Waals surface area (Å²) >= 11 is 0. The molecule has 1 unspecified atom stereocenters. The maximum Gasteiger partial charge on any atom is 0.165 e. The third-order valence-electron chi connectivity index (χ3n) is 4.03. The minimum Gasteiger partial charge on any atom is -0.497 e. The summed E-state index contributed by atoms with van der Waals surface area (Å²) in [5.74, 6) is 0.584. The Morgan fingerprint density at radius 1 is 1.15 bits per heavy atom. The Morgan fingerprint density at radius 2 is 1.85 bits per heavy atom. The van der Waals surface area contributed by atoms with E-state index in [0.29, 0.717) is 24.2 Å². The van der Waals surface area contributed by atoms with E-state index in [1.54, 1.807) is 37.6 Å². The van der Waals surface area contributed by atoms with Crippen LogP contribution in [0.5, 0.6) is 5.75 Å². The number of methoxy groups -OCH3 is 1. The van der Waals surface area contributed by atoms with Crippen molar-refractivity contribution >= 4 is 12.0 Å². The van der Waals surface area contributed by atoms with E-state index < -0.39 is 6.10 Å². The quantitative estimate of drug-likeness (QED) is 0.399. The molecular weight excluding hydrogens is 330 g/mol. The predicted molar refractivity (Wildman–Crippen MR) is 102 cm³/mol. The number of rotatable bonds is 10. The Bertz CT molecular complexity index is 698. The molecule has 138 valence electrons. The van der Waals surface area contributed by atoms with Crippen molar-refractivity contribution in [1.82, 2.24) is 0 Å². The van der Waals surface area contributed by atoms with Crippen LogP contribution in [0, 0.1) is 0 Å². The van der Waals surface area contributed by atoms with E-state index in [9.17, 15) is 9.90 Å². The summed E-state index contributed by atoms with van der Waals surface area (Å²) in [7, 11) is 1.58. The van der Waals surface area contributed by atoms with Crippen LogP contribution < -0.4 is 4.74 Å². The molecule has 2 aromatic rings. The van der Waals surface area contributed by atoms with Gasteiger partial charge in [0.05, 0.1) is 19.4 Å². The summed E-state index contributed by atoms with van der Waals surface area (Å²) in [6, 6.07) is 16.5. The first-order chi connectivity index (χ1) is 12.6. The lowest BCUT2D eigenvalue weighted by Gasteiger charge is -2.17. The molecule has 2 rings (SSSR count). The van der Waals surface area contributed by atoms with Gasteiger partial charge in [0.25, 0.3) is 0 Å². The first-order valence-electron chi connectivity index (χ1n) is 8.72. The molecule has 2 aromatic carbocycles. The number of aliphatic hydroxyl groups is 1. The van der Waals surface area contributed by atoms with Gasteiger partial charge >= 0.3 is 0 Å². The van der Waals surface area contributed by atoms with Gasteiger partial charge in [-0.2, -0.15) is 0 Å². The average molecular weight is 355 g/mol. The van der Waals surface area contributed by atoms with Gasteiger partial charge in [0.1, 0.15) is 11.9 Å². The Hall–Kier alpha value is -2.66. The van der Waals surface area contributed by atoms with E-state index >= 15 is 0 Å². The van der Waals surface area contributed by atoms with Crippen LogP contribution in [0.1, 0.15) is 42.1 Å². The lowest BCUT2D eigenvalue weighted by Crippen LogP contribution is -2.21. The highest BCUT2D eigenvalue weighted by molar-refractivity contribution is 5.96. The lowest BCUT2D eigenvalue weighted by atomic mass is 10.0. The van der Waals surface area contributed by atoms with E-state index in [4.69, 9.17) is 9.57 Å². The molecule has 1 N–H and O–H groups in total. The summed E-state index contributed by atoms with van der Waals surface area (Å²) in [5, 5.41) is 14.2. The van der Waals surface area contributed by atoms with Crippen LogP contribution in [0.4, 0.5) is 0 Å². The molecule has 0 heterocycles. The van der Waals surface area contributed by atoms with Gasteiger partial charge in [0, 0.05) is 18.4 Å². The van der Waals surface area contributed by atoms with Crippen molar-refractivity contribution in [3.05, 3.63) is 65.7 Å². The van der Waals surface area contributed by atoms with Gasteiger partial charge in [0.2, 0.25) is 0 Å². The van der Waals surface area contributed by atoms with Crippen molar-refractivity contribution in [2.45, 2.75) is 38.4 Å². The molecule has 0 bridgehead atoms. The van der Waals surface area contributed by atoms with E-state index in [1.165, 1.54) is 0 Å². The van der Waals surface area contributed by atoms with Crippen molar-refractivity contribution in [3.63, 3.8) is 0 Å². The number of hydrogen-bond acceptors (Lipinski definition) is 5. The Balaban J connectivity index is 1.82. The molecule has 26 heavy (non-hydrogen) atoms. The molecule has 0 aliphatic rings. The van der Waals surface area contributed by atoms with Crippen LogP contribution in [0.3, 0.4) is 0 Å². The van der Waals surface area contributed by atoms with Gasteiger partial charge < -0.3 is 14.7 Å². The number of aliphatic hydroxyl groups excluding tert-OH is 1. The molecule has 0 aromatic heterocycles. The van der Waals surface area contributed by atoms with Crippen molar-refractivity contribution in [2.24, 2.45) is 5.16 Å². The zero-order valence-corrected chi connectivity index (χ0v) is 15.2. The van der Waals surface area contributed by atoms with Gasteiger partial charge in [-0.3, -0.25) is 4.79 Å². The number of benzene rings is 2. The zero-order valence-electron chi connectivity index (χ0n) is 15.2. The molecular formula is C21H25NO4. The first-order valence-corrected chi connectivity index (χ1v) is 8.72. The van der Waals surface area contributed by atoms with Gasteiger partial charge in [-0.05, 0) is 36.2 Å². The third kappa shape index (κ3) is 6.33. The van der Waals surface area contributed by atoms with Crippen LogP contribution in [0.2, 0.25) is 0 Å². The number of Topliss-reactive ketones (excluding diaryl/α,β-unsaturated/α-hetero) is 1. The number of hydrogen-bond donors (Lipinski definition) is 1. The van der Waals surface area contributed by atoms with Gasteiger partial charge in [-0.15, -0.1) is 0 Å².